The predicted octanol–water partition coefficient (Wildman–Crippen LogP) is 0.690. The zero-order chi connectivity index (χ0) is 11.3. The summed E-state index contributed by atoms with van der Waals surface area (Å²) >= 11 is 0. The van der Waals surface area contributed by atoms with Crippen molar-refractivity contribution in [1.29, 1.82) is 0 Å². The van der Waals surface area contributed by atoms with Gasteiger partial charge in [0.25, 0.3) is 0 Å². The van der Waals surface area contributed by atoms with E-state index in [9.17, 15) is 9.59 Å². The molecule has 2 amide bonds. The highest BCUT2D eigenvalue weighted by Gasteiger charge is 2.18. The van der Waals surface area contributed by atoms with E-state index in [1.54, 1.807) is 11.0 Å². The van der Waals surface area contributed by atoms with Gasteiger partial charge in [-0.3, -0.25) is 9.59 Å². The molecule has 4 heteroatoms. The van der Waals surface area contributed by atoms with E-state index in [-0.39, 0.29) is 17.9 Å². The van der Waals surface area contributed by atoms with Crippen LogP contribution in [-0.2, 0) is 9.59 Å². The van der Waals surface area contributed by atoms with Crippen LogP contribution in [0.2, 0.25) is 0 Å². The number of carbonyl (C=O) groups is 2. The summed E-state index contributed by atoms with van der Waals surface area (Å²) in [5.41, 5.74) is 0. The summed E-state index contributed by atoms with van der Waals surface area (Å²) in [6, 6.07) is 0.149. The minimum atomic E-state index is -0.100. The van der Waals surface area contributed by atoms with Gasteiger partial charge in [-0.2, -0.15) is 0 Å². The van der Waals surface area contributed by atoms with Crippen LogP contribution >= 0.6 is 0 Å². The highest BCUT2D eigenvalue weighted by Crippen LogP contribution is 2.08. The standard InChI is InChI=1S/C11H18N2O2/c1-9(2)12-10(14)5-3-7-13-8-4-6-11(13)15/h3,5,9H,4,6-8H2,1-2H3,(H,12,14)/b5-3+. The molecule has 0 aromatic rings. The number of nitrogens with one attached hydrogen (secondary N) is 1. The van der Waals surface area contributed by atoms with Crippen molar-refractivity contribution in [2.45, 2.75) is 32.7 Å². The van der Waals surface area contributed by atoms with Crippen molar-refractivity contribution in [1.82, 2.24) is 10.2 Å². The van der Waals surface area contributed by atoms with Gasteiger partial charge in [0.15, 0.2) is 0 Å². The molecule has 0 unspecified atom stereocenters. The van der Waals surface area contributed by atoms with E-state index in [0.717, 1.165) is 13.0 Å². The van der Waals surface area contributed by atoms with Gasteiger partial charge >= 0.3 is 0 Å². The van der Waals surface area contributed by atoms with E-state index in [0.29, 0.717) is 13.0 Å². The molecular weight excluding hydrogens is 192 g/mol. The molecule has 1 aliphatic rings. The quantitative estimate of drug-likeness (QED) is 0.694. The summed E-state index contributed by atoms with van der Waals surface area (Å²) in [5.74, 6) is 0.0839. The first kappa shape index (κ1) is 11.8. The molecular formula is C11H18N2O2. The molecule has 0 bridgehead atoms. The van der Waals surface area contributed by atoms with Gasteiger partial charge in [-0.05, 0) is 20.3 Å². The highest BCUT2D eigenvalue weighted by molar-refractivity contribution is 5.87. The summed E-state index contributed by atoms with van der Waals surface area (Å²) in [6.07, 6.45) is 4.81. The van der Waals surface area contributed by atoms with E-state index >= 15 is 0 Å². The summed E-state index contributed by atoms with van der Waals surface area (Å²) in [6.45, 7) is 5.19. The zero-order valence-electron chi connectivity index (χ0n) is 9.32. The number of carbonyl (C=O) groups excluding carboxylic acids is 2. The van der Waals surface area contributed by atoms with Crippen molar-refractivity contribution in [2.75, 3.05) is 13.1 Å². The van der Waals surface area contributed by atoms with Gasteiger partial charge in [0.1, 0.15) is 0 Å². The second kappa shape index (κ2) is 5.53. The van der Waals surface area contributed by atoms with Gasteiger partial charge < -0.3 is 10.2 Å². The molecule has 0 aromatic carbocycles. The summed E-state index contributed by atoms with van der Waals surface area (Å²) < 4.78 is 0. The van der Waals surface area contributed by atoms with Gasteiger partial charge in [-0.1, -0.05) is 6.08 Å². The van der Waals surface area contributed by atoms with Crippen LogP contribution in [0.3, 0.4) is 0 Å². The molecule has 1 saturated heterocycles. The molecule has 1 aliphatic heterocycles. The number of likely N-dealkylation sites (tertiary alicyclic amines) is 1. The molecule has 0 radical (unpaired) electrons. The van der Waals surface area contributed by atoms with E-state index < -0.39 is 0 Å². The van der Waals surface area contributed by atoms with Gasteiger partial charge in [-0.15, -0.1) is 0 Å². The van der Waals surface area contributed by atoms with Crippen LogP contribution in [0.4, 0.5) is 0 Å². The topological polar surface area (TPSA) is 49.4 Å². The van der Waals surface area contributed by atoms with Crippen LogP contribution in [0, 0.1) is 0 Å². The molecule has 84 valence electrons. The molecule has 0 atom stereocenters. The first-order valence-electron chi connectivity index (χ1n) is 5.34. The van der Waals surface area contributed by atoms with E-state index in [2.05, 4.69) is 5.32 Å². The lowest BCUT2D eigenvalue weighted by Crippen LogP contribution is -2.29. The fourth-order valence-corrected chi connectivity index (χ4v) is 1.52. The molecule has 1 N–H and O–H groups in total. The van der Waals surface area contributed by atoms with Gasteiger partial charge in [0.2, 0.25) is 11.8 Å². The Bertz CT molecular complexity index is 272. The Morgan fingerprint density at radius 3 is 2.87 bits per heavy atom. The Morgan fingerprint density at radius 2 is 2.33 bits per heavy atom. The van der Waals surface area contributed by atoms with Crippen LogP contribution in [0.1, 0.15) is 26.7 Å². The van der Waals surface area contributed by atoms with Crippen LogP contribution < -0.4 is 5.32 Å². The molecule has 4 nitrogen and oxygen atoms in total. The molecule has 0 saturated carbocycles. The Kier molecular flexibility index (Phi) is 4.34. The minimum absolute atomic E-state index is 0.100. The van der Waals surface area contributed by atoms with Crippen LogP contribution in [-0.4, -0.2) is 35.8 Å². The fourth-order valence-electron chi connectivity index (χ4n) is 1.52. The maximum Gasteiger partial charge on any atom is 0.243 e. The lowest BCUT2D eigenvalue weighted by molar-refractivity contribution is -0.127. The van der Waals surface area contributed by atoms with Crippen molar-refractivity contribution < 1.29 is 9.59 Å². The summed E-state index contributed by atoms with van der Waals surface area (Å²) in [4.78, 5) is 24.2. The van der Waals surface area contributed by atoms with Crippen molar-refractivity contribution in [2.24, 2.45) is 0 Å². The number of rotatable bonds is 4. The van der Waals surface area contributed by atoms with Crippen molar-refractivity contribution in [3.8, 4) is 0 Å². The Labute approximate surface area is 90.3 Å². The number of hydrogen-bond donors (Lipinski definition) is 1. The fraction of sp³-hybridized carbons (Fsp3) is 0.636. The summed E-state index contributed by atoms with van der Waals surface area (Å²) in [7, 11) is 0. The third kappa shape index (κ3) is 4.14. The SMILES string of the molecule is CC(C)NC(=O)/C=C/CN1CCCC1=O. The monoisotopic (exact) mass is 210 g/mol. The number of amides is 2. The Balaban J connectivity index is 2.26. The van der Waals surface area contributed by atoms with E-state index in [1.165, 1.54) is 6.08 Å². The largest absolute Gasteiger partial charge is 0.350 e. The zero-order valence-corrected chi connectivity index (χ0v) is 9.32. The normalized spacial score (nSPS) is 16.7. The van der Waals surface area contributed by atoms with Crippen LogP contribution in [0.25, 0.3) is 0 Å². The first-order valence-corrected chi connectivity index (χ1v) is 5.34. The predicted molar refractivity (Wildman–Crippen MR) is 58.2 cm³/mol. The molecule has 15 heavy (non-hydrogen) atoms. The minimum Gasteiger partial charge on any atom is -0.350 e. The number of hydrogen-bond acceptors (Lipinski definition) is 2. The Morgan fingerprint density at radius 1 is 1.60 bits per heavy atom. The molecule has 1 heterocycles. The lowest BCUT2D eigenvalue weighted by Gasteiger charge is -2.11. The van der Waals surface area contributed by atoms with Crippen molar-refractivity contribution in [3.63, 3.8) is 0 Å². The Hall–Kier alpha value is -1.32. The average Bonchev–Trinajstić information content (AvgIpc) is 2.50. The van der Waals surface area contributed by atoms with E-state index in [1.807, 2.05) is 13.8 Å². The molecule has 0 spiro atoms. The van der Waals surface area contributed by atoms with E-state index in [4.69, 9.17) is 0 Å². The van der Waals surface area contributed by atoms with Crippen LogP contribution in [0.5, 0.6) is 0 Å². The van der Waals surface area contributed by atoms with Crippen molar-refractivity contribution in [3.05, 3.63) is 12.2 Å². The second-order valence-corrected chi connectivity index (χ2v) is 4.01. The number of nitrogens with zero attached hydrogens (tertiary/aromatic N) is 1. The average molecular weight is 210 g/mol. The van der Waals surface area contributed by atoms with Gasteiger partial charge in [-0.25, -0.2) is 0 Å². The second-order valence-electron chi connectivity index (χ2n) is 4.01. The highest BCUT2D eigenvalue weighted by atomic mass is 16.2. The van der Waals surface area contributed by atoms with Gasteiger partial charge in [0.05, 0.1) is 0 Å². The smallest absolute Gasteiger partial charge is 0.243 e. The molecule has 0 aliphatic carbocycles. The third-order valence-corrected chi connectivity index (χ3v) is 2.20. The van der Waals surface area contributed by atoms with Gasteiger partial charge in [0, 0.05) is 31.6 Å². The summed E-state index contributed by atoms with van der Waals surface area (Å²) in [5, 5.41) is 2.75. The lowest BCUT2D eigenvalue weighted by atomic mass is 10.3. The molecule has 0 aromatic heterocycles. The van der Waals surface area contributed by atoms with Crippen LogP contribution in [0.15, 0.2) is 12.2 Å². The maximum absolute atomic E-state index is 11.2. The van der Waals surface area contributed by atoms with Crippen molar-refractivity contribution >= 4 is 11.8 Å². The third-order valence-electron chi connectivity index (χ3n) is 2.20. The first-order chi connectivity index (χ1) is 7.09. The maximum atomic E-state index is 11.2. The molecule has 1 rings (SSSR count). The molecule has 1 fully saturated rings.